The van der Waals surface area contributed by atoms with Crippen LogP contribution in [0.2, 0.25) is 0 Å². The van der Waals surface area contributed by atoms with Crippen molar-refractivity contribution >= 4 is 44.3 Å². The standard InChI is InChI=1S/C24H31N7O3S2/c1-2-18(14-32)28-24-29-22(26-13-17-8-4-3-5-9-17)21-23(30-24)31(16-27-21)11-7-6-10-19-12-20(15-35-19)36(25,33)34/h3-5,8-9,12,15-16,18,32H,2,6-7,10-11,13-14H2,1H3,(H2,25,33,34)(H2,26,28,29,30)/t18-/m1/s1. The first-order chi connectivity index (χ1) is 17.4. The normalized spacial score (nSPS) is 12.6. The van der Waals surface area contributed by atoms with Gasteiger partial charge >= 0.3 is 0 Å². The van der Waals surface area contributed by atoms with Gasteiger partial charge < -0.3 is 20.3 Å². The molecular weight excluding hydrogens is 498 g/mol. The molecule has 0 aliphatic carbocycles. The average Bonchev–Trinajstić information content (AvgIpc) is 3.52. The number of hydrogen-bond donors (Lipinski definition) is 4. The fraction of sp³-hybridized carbons (Fsp3) is 0.375. The van der Waals surface area contributed by atoms with E-state index >= 15 is 0 Å². The van der Waals surface area contributed by atoms with Gasteiger partial charge in [0.05, 0.1) is 23.9 Å². The Kier molecular flexibility index (Phi) is 8.52. The number of benzene rings is 1. The zero-order valence-corrected chi connectivity index (χ0v) is 21.7. The number of rotatable bonds is 13. The van der Waals surface area contributed by atoms with Crippen LogP contribution in [0.25, 0.3) is 11.2 Å². The van der Waals surface area contributed by atoms with E-state index in [0.29, 0.717) is 36.0 Å². The Morgan fingerprint density at radius 3 is 2.69 bits per heavy atom. The van der Waals surface area contributed by atoms with Crippen molar-refractivity contribution < 1.29 is 13.5 Å². The van der Waals surface area contributed by atoms with Gasteiger partial charge in [0.2, 0.25) is 16.0 Å². The number of fused-ring (bicyclic) bond motifs is 1. The number of nitrogens with two attached hydrogens (primary N) is 1. The molecule has 0 bridgehead atoms. The van der Waals surface area contributed by atoms with E-state index in [4.69, 9.17) is 10.1 Å². The maximum Gasteiger partial charge on any atom is 0.238 e. The van der Waals surface area contributed by atoms with Crippen LogP contribution in [0.1, 0.15) is 36.6 Å². The molecule has 36 heavy (non-hydrogen) atoms. The Hall–Kier alpha value is -3.06. The molecule has 0 aliphatic rings. The van der Waals surface area contributed by atoms with E-state index in [9.17, 15) is 13.5 Å². The Morgan fingerprint density at radius 2 is 2.00 bits per heavy atom. The minimum absolute atomic E-state index is 0.0141. The molecule has 0 saturated carbocycles. The van der Waals surface area contributed by atoms with Crippen LogP contribution in [0.15, 0.2) is 53.0 Å². The van der Waals surface area contributed by atoms with Gasteiger partial charge in [-0.15, -0.1) is 11.3 Å². The number of aromatic nitrogens is 4. The van der Waals surface area contributed by atoms with Crippen LogP contribution >= 0.6 is 11.3 Å². The SMILES string of the molecule is CC[C@H](CO)Nc1nc(NCc2ccccc2)c2ncn(CCCCc3cc(S(N)(=O)=O)cs3)c2n1. The number of primary sulfonamides is 1. The van der Waals surface area contributed by atoms with Crippen LogP contribution < -0.4 is 15.8 Å². The summed E-state index contributed by atoms with van der Waals surface area (Å²) >= 11 is 1.41. The molecule has 3 aromatic heterocycles. The van der Waals surface area contributed by atoms with Crippen molar-refractivity contribution in [2.45, 2.75) is 56.6 Å². The topological polar surface area (TPSA) is 148 Å². The molecule has 10 nitrogen and oxygen atoms in total. The van der Waals surface area contributed by atoms with Crippen molar-refractivity contribution in [3.8, 4) is 0 Å². The summed E-state index contributed by atoms with van der Waals surface area (Å²) in [5, 5.41) is 23.0. The summed E-state index contributed by atoms with van der Waals surface area (Å²) in [6.45, 7) is 3.28. The van der Waals surface area contributed by atoms with Gasteiger partial charge in [-0.2, -0.15) is 9.97 Å². The van der Waals surface area contributed by atoms with Crippen LogP contribution in [0.5, 0.6) is 0 Å². The maximum absolute atomic E-state index is 11.5. The highest BCUT2D eigenvalue weighted by atomic mass is 32.2. The van der Waals surface area contributed by atoms with Crippen LogP contribution in [0.3, 0.4) is 0 Å². The molecule has 4 aromatic rings. The lowest BCUT2D eigenvalue weighted by molar-refractivity contribution is 0.271. The molecule has 0 spiro atoms. The summed E-state index contributed by atoms with van der Waals surface area (Å²) in [5.41, 5.74) is 2.52. The van der Waals surface area contributed by atoms with Crippen LogP contribution in [0, 0.1) is 0 Å². The van der Waals surface area contributed by atoms with Gasteiger partial charge in [-0.1, -0.05) is 37.3 Å². The molecule has 0 aliphatic heterocycles. The Balaban J connectivity index is 1.48. The number of anilines is 2. The van der Waals surface area contributed by atoms with E-state index in [-0.39, 0.29) is 17.5 Å². The second kappa shape index (κ2) is 11.8. The van der Waals surface area contributed by atoms with Crippen molar-refractivity contribution in [2.75, 3.05) is 17.2 Å². The smallest absolute Gasteiger partial charge is 0.238 e. The van der Waals surface area contributed by atoms with Crippen molar-refractivity contribution in [1.29, 1.82) is 0 Å². The summed E-state index contributed by atoms with van der Waals surface area (Å²) in [5.74, 6) is 1.07. The quantitative estimate of drug-likeness (QED) is 0.193. The van der Waals surface area contributed by atoms with Gasteiger partial charge in [0, 0.05) is 23.3 Å². The van der Waals surface area contributed by atoms with Gasteiger partial charge in [0.25, 0.3) is 0 Å². The average molecular weight is 530 g/mol. The first-order valence-corrected chi connectivity index (χ1v) is 14.3. The zero-order valence-electron chi connectivity index (χ0n) is 20.1. The summed E-state index contributed by atoms with van der Waals surface area (Å²) in [7, 11) is -3.66. The maximum atomic E-state index is 11.5. The molecule has 12 heteroatoms. The monoisotopic (exact) mass is 529 g/mol. The molecule has 3 heterocycles. The third-order valence-corrected chi connectivity index (χ3v) is 7.88. The molecule has 0 fully saturated rings. The summed E-state index contributed by atoms with van der Waals surface area (Å²) in [6, 6.07) is 11.6. The van der Waals surface area contributed by atoms with Gasteiger partial charge in [-0.25, -0.2) is 18.5 Å². The van der Waals surface area contributed by atoms with Gasteiger partial charge in [0.1, 0.15) is 0 Å². The number of aliphatic hydroxyl groups excluding tert-OH is 1. The number of sulfonamides is 1. The number of nitrogens with zero attached hydrogens (tertiary/aromatic N) is 4. The Labute approximate surface area is 214 Å². The number of thiophene rings is 1. The highest BCUT2D eigenvalue weighted by molar-refractivity contribution is 7.89. The summed E-state index contributed by atoms with van der Waals surface area (Å²) in [4.78, 5) is 15.1. The van der Waals surface area contributed by atoms with Gasteiger partial charge in [-0.3, -0.25) is 0 Å². The number of hydrogen-bond acceptors (Lipinski definition) is 9. The second-order valence-corrected chi connectivity index (χ2v) is 11.1. The number of nitrogens with one attached hydrogen (secondary N) is 2. The van der Waals surface area contributed by atoms with E-state index in [1.165, 1.54) is 11.3 Å². The second-order valence-electron chi connectivity index (χ2n) is 8.53. The largest absolute Gasteiger partial charge is 0.394 e. The third kappa shape index (κ3) is 6.58. The van der Waals surface area contributed by atoms with Crippen molar-refractivity contribution in [1.82, 2.24) is 19.5 Å². The molecule has 1 aromatic carbocycles. The number of imidazole rings is 1. The summed E-state index contributed by atoms with van der Waals surface area (Å²) < 4.78 is 25.0. The fourth-order valence-corrected chi connectivity index (χ4v) is 5.61. The lowest BCUT2D eigenvalue weighted by Crippen LogP contribution is -2.24. The number of unbranched alkanes of at least 4 members (excludes halogenated alkanes) is 1. The van der Waals surface area contributed by atoms with Crippen molar-refractivity contribution in [2.24, 2.45) is 5.14 Å². The third-order valence-electron chi connectivity index (χ3n) is 5.84. The van der Waals surface area contributed by atoms with E-state index < -0.39 is 10.0 Å². The lowest BCUT2D eigenvalue weighted by Gasteiger charge is -2.15. The van der Waals surface area contributed by atoms with E-state index in [1.807, 2.05) is 41.8 Å². The minimum Gasteiger partial charge on any atom is -0.394 e. The Morgan fingerprint density at radius 1 is 1.19 bits per heavy atom. The van der Waals surface area contributed by atoms with E-state index in [0.717, 1.165) is 36.1 Å². The summed E-state index contributed by atoms with van der Waals surface area (Å²) in [6.07, 6.45) is 5.02. The molecule has 0 unspecified atom stereocenters. The minimum atomic E-state index is -3.66. The zero-order chi connectivity index (χ0) is 25.5. The Bertz CT molecular complexity index is 1380. The molecule has 0 saturated heterocycles. The van der Waals surface area contributed by atoms with Crippen molar-refractivity contribution in [3.05, 3.63) is 58.5 Å². The van der Waals surface area contributed by atoms with Gasteiger partial charge in [-0.05, 0) is 37.3 Å². The van der Waals surface area contributed by atoms with Gasteiger partial charge in [0.15, 0.2) is 17.0 Å². The molecule has 0 radical (unpaired) electrons. The van der Waals surface area contributed by atoms with Crippen LogP contribution in [0.4, 0.5) is 11.8 Å². The van der Waals surface area contributed by atoms with Crippen LogP contribution in [-0.4, -0.2) is 45.7 Å². The molecular formula is C24H31N7O3S2. The van der Waals surface area contributed by atoms with E-state index in [1.54, 1.807) is 17.8 Å². The highest BCUT2D eigenvalue weighted by Gasteiger charge is 2.16. The van der Waals surface area contributed by atoms with E-state index in [2.05, 4.69) is 20.6 Å². The van der Waals surface area contributed by atoms with Crippen LogP contribution in [-0.2, 0) is 29.5 Å². The molecule has 1 atom stereocenters. The molecule has 4 rings (SSSR count). The first-order valence-electron chi connectivity index (χ1n) is 11.9. The highest BCUT2D eigenvalue weighted by Crippen LogP contribution is 2.24. The predicted molar refractivity (Wildman–Crippen MR) is 143 cm³/mol. The molecule has 5 N–H and O–H groups in total. The number of aryl methyl sites for hydroxylation is 2. The predicted octanol–water partition coefficient (Wildman–Crippen LogP) is 3.35. The molecule has 0 amide bonds. The fourth-order valence-electron chi connectivity index (χ4n) is 3.76. The lowest BCUT2D eigenvalue weighted by atomic mass is 10.2. The molecule has 192 valence electrons. The first kappa shape index (κ1) is 26.0. The number of aliphatic hydroxyl groups is 1. The van der Waals surface area contributed by atoms with Crippen molar-refractivity contribution in [3.63, 3.8) is 0 Å².